The normalized spacial score (nSPS) is 16.2. The van der Waals surface area contributed by atoms with E-state index in [0.717, 1.165) is 29.6 Å². The summed E-state index contributed by atoms with van der Waals surface area (Å²) in [7, 11) is 0. The number of nitrogens with one attached hydrogen (secondary N) is 1. The molecule has 0 saturated carbocycles. The minimum atomic E-state index is -0.142. The Hall–Kier alpha value is -1.99. The van der Waals surface area contributed by atoms with Crippen molar-refractivity contribution in [3.63, 3.8) is 0 Å². The van der Waals surface area contributed by atoms with Crippen molar-refractivity contribution in [2.75, 3.05) is 31.2 Å². The smallest absolute Gasteiger partial charge is 0.263 e. The van der Waals surface area contributed by atoms with Crippen LogP contribution in [0.3, 0.4) is 0 Å². The monoisotopic (exact) mass is 332 g/mol. The maximum absolute atomic E-state index is 12.5. The highest BCUT2D eigenvalue weighted by Gasteiger charge is 2.21. The van der Waals surface area contributed by atoms with Crippen molar-refractivity contribution in [1.82, 2.24) is 15.3 Å². The molecule has 1 aliphatic rings. The van der Waals surface area contributed by atoms with Gasteiger partial charge < -0.3 is 15.0 Å². The molecule has 0 aromatic carbocycles. The van der Waals surface area contributed by atoms with Crippen LogP contribution in [0.2, 0.25) is 0 Å². The molecule has 122 valence electrons. The SMILES string of the molecule is Cc1nc(N2CCOCC2)sc1C(=O)NC(C)c1ccccn1. The number of ether oxygens (including phenoxy) is 1. The van der Waals surface area contributed by atoms with E-state index in [4.69, 9.17) is 4.74 Å². The molecule has 23 heavy (non-hydrogen) atoms. The van der Waals surface area contributed by atoms with Crippen LogP contribution in [0.15, 0.2) is 24.4 Å². The summed E-state index contributed by atoms with van der Waals surface area (Å²) in [6.07, 6.45) is 1.73. The van der Waals surface area contributed by atoms with Gasteiger partial charge >= 0.3 is 0 Å². The molecule has 0 aliphatic carbocycles. The zero-order chi connectivity index (χ0) is 16.2. The summed E-state index contributed by atoms with van der Waals surface area (Å²) in [4.78, 5) is 24.2. The van der Waals surface area contributed by atoms with Crippen LogP contribution in [-0.2, 0) is 4.74 Å². The lowest BCUT2D eigenvalue weighted by atomic mass is 10.2. The van der Waals surface area contributed by atoms with Crippen LogP contribution in [-0.4, -0.2) is 42.2 Å². The minimum Gasteiger partial charge on any atom is -0.378 e. The van der Waals surface area contributed by atoms with E-state index in [2.05, 4.69) is 20.2 Å². The second-order valence-corrected chi connectivity index (χ2v) is 6.44. The Morgan fingerprint density at radius 3 is 2.87 bits per heavy atom. The zero-order valence-corrected chi connectivity index (χ0v) is 14.1. The number of thiazole rings is 1. The lowest BCUT2D eigenvalue weighted by Crippen LogP contribution is -2.36. The number of nitrogens with zero attached hydrogens (tertiary/aromatic N) is 3. The summed E-state index contributed by atoms with van der Waals surface area (Å²) in [5.74, 6) is -0.0994. The molecule has 3 rings (SSSR count). The van der Waals surface area contributed by atoms with Gasteiger partial charge in [0.05, 0.1) is 30.6 Å². The lowest BCUT2D eigenvalue weighted by Gasteiger charge is -2.26. The molecule has 1 saturated heterocycles. The number of morpholine rings is 1. The van der Waals surface area contributed by atoms with E-state index < -0.39 is 0 Å². The van der Waals surface area contributed by atoms with Gasteiger partial charge in [-0.1, -0.05) is 17.4 Å². The van der Waals surface area contributed by atoms with Crippen LogP contribution in [0.5, 0.6) is 0 Å². The van der Waals surface area contributed by atoms with E-state index in [0.29, 0.717) is 18.1 Å². The summed E-state index contributed by atoms with van der Waals surface area (Å²) >= 11 is 1.44. The van der Waals surface area contributed by atoms with Crippen LogP contribution < -0.4 is 10.2 Å². The van der Waals surface area contributed by atoms with Crippen molar-refractivity contribution in [2.24, 2.45) is 0 Å². The number of anilines is 1. The van der Waals surface area contributed by atoms with Crippen LogP contribution in [0.25, 0.3) is 0 Å². The summed E-state index contributed by atoms with van der Waals surface area (Å²) in [5, 5.41) is 3.89. The molecule has 2 aromatic heterocycles. The third kappa shape index (κ3) is 3.68. The first-order valence-corrected chi connectivity index (χ1v) is 8.48. The first-order valence-electron chi connectivity index (χ1n) is 7.67. The predicted octanol–water partition coefficient (Wildman–Crippen LogP) is 2.17. The van der Waals surface area contributed by atoms with E-state index >= 15 is 0 Å². The van der Waals surface area contributed by atoms with Crippen molar-refractivity contribution < 1.29 is 9.53 Å². The summed E-state index contributed by atoms with van der Waals surface area (Å²) in [5.41, 5.74) is 1.61. The Labute approximate surface area is 139 Å². The second kappa shape index (κ2) is 7.06. The summed E-state index contributed by atoms with van der Waals surface area (Å²) in [6, 6.07) is 5.54. The molecule has 6 nitrogen and oxygen atoms in total. The second-order valence-electron chi connectivity index (χ2n) is 5.46. The van der Waals surface area contributed by atoms with Crippen molar-refractivity contribution in [3.05, 3.63) is 40.7 Å². The van der Waals surface area contributed by atoms with Gasteiger partial charge in [0.15, 0.2) is 5.13 Å². The van der Waals surface area contributed by atoms with Gasteiger partial charge in [-0.2, -0.15) is 0 Å². The average Bonchev–Trinajstić information content (AvgIpc) is 2.98. The minimum absolute atomic E-state index is 0.0994. The fourth-order valence-corrected chi connectivity index (χ4v) is 3.47. The molecule has 0 spiro atoms. The highest BCUT2D eigenvalue weighted by atomic mass is 32.1. The molecule has 1 amide bonds. The molecule has 1 atom stereocenters. The van der Waals surface area contributed by atoms with Gasteiger partial charge in [-0.3, -0.25) is 9.78 Å². The van der Waals surface area contributed by atoms with Gasteiger partial charge in [0.2, 0.25) is 0 Å². The number of rotatable bonds is 4. The fraction of sp³-hybridized carbons (Fsp3) is 0.438. The number of carbonyl (C=O) groups is 1. The number of carbonyl (C=O) groups excluding carboxylic acids is 1. The van der Waals surface area contributed by atoms with Crippen LogP contribution in [0, 0.1) is 6.92 Å². The molecule has 0 radical (unpaired) electrons. The number of aryl methyl sites for hydroxylation is 1. The molecule has 1 unspecified atom stereocenters. The van der Waals surface area contributed by atoms with Gasteiger partial charge in [0, 0.05) is 19.3 Å². The number of amides is 1. The number of hydrogen-bond donors (Lipinski definition) is 1. The highest BCUT2D eigenvalue weighted by molar-refractivity contribution is 7.17. The quantitative estimate of drug-likeness (QED) is 0.929. The molecule has 3 heterocycles. The van der Waals surface area contributed by atoms with Gasteiger partial charge in [0.1, 0.15) is 4.88 Å². The number of aromatic nitrogens is 2. The van der Waals surface area contributed by atoms with Crippen molar-refractivity contribution in [2.45, 2.75) is 19.9 Å². The van der Waals surface area contributed by atoms with Crippen molar-refractivity contribution >= 4 is 22.4 Å². The Bertz CT molecular complexity index is 668. The molecule has 1 N–H and O–H groups in total. The Kier molecular flexibility index (Phi) is 4.88. The molecule has 0 bridgehead atoms. The average molecular weight is 332 g/mol. The van der Waals surface area contributed by atoms with E-state index in [1.807, 2.05) is 32.0 Å². The van der Waals surface area contributed by atoms with Crippen molar-refractivity contribution in [3.8, 4) is 0 Å². The Morgan fingerprint density at radius 2 is 2.17 bits per heavy atom. The zero-order valence-electron chi connectivity index (χ0n) is 13.3. The maximum atomic E-state index is 12.5. The number of hydrogen-bond acceptors (Lipinski definition) is 6. The molecular formula is C16H20N4O2S. The van der Waals surface area contributed by atoms with Gasteiger partial charge in [-0.05, 0) is 26.0 Å². The van der Waals surface area contributed by atoms with Crippen LogP contribution in [0.4, 0.5) is 5.13 Å². The third-order valence-corrected chi connectivity index (χ3v) is 4.97. The van der Waals surface area contributed by atoms with Crippen molar-refractivity contribution in [1.29, 1.82) is 0 Å². The van der Waals surface area contributed by atoms with E-state index in [9.17, 15) is 4.79 Å². The molecule has 7 heteroatoms. The van der Waals surface area contributed by atoms with Gasteiger partial charge in [0.25, 0.3) is 5.91 Å². The van der Waals surface area contributed by atoms with Crippen LogP contribution in [0.1, 0.15) is 34.0 Å². The van der Waals surface area contributed by atoms with Gasteiger partial charge in [-0.15, -0.1) is 0 Å². The van der Waals surface area contributed by atoms with Gasteiger partial charge in [-0.25, -0.2) is 4.98 Å². The molecular weight excluding hydrogens is 312 g/mol. The summed E-state index contributed by atoms with van der Waals surface area (Å²) in [6.45, 7) is 6.85. The fourth-order valence-electron chi connectivity index (χ4n) is 2.45. The standard InChI is InChI=1S/C16H20N4O2S/c1-11(13-5-3-4-6-17-13)18-15(21)14-12(2)19-16(23-14)20-7-9-22-10-8-20/h3-6,11H,7-10H2,1-2H3,(H,18,21). The highest BCUT2D eigenvalue weighted by Crippen LogP contribution is 2.27. The van der Waals surface area contributed by atoms with E-state index in [1.165, 1.54) is 11.3 Å². The Morgan fingerprint density at radius 1 is 1.39 bits per heavy atom. The molecule has 2 aromatic rings. The third-order valence-electron chi connectivity index (χ3n) is 3.75. The summed E-state index contributed by atoms with van der Waals surface area (Å²) < 4.78 is 5.36. The lowest BCUT2D eigenvalue weighted by molar-refractivity contribution is 0.0942. The topological polar surface area (TPSA) is 67.4 Å². The predicted molar refractivity (Wildman–Crippen MR) is 90.0 cm³/mol. The first-order chi connectivity index (χ1) is 11.1. The first kappa shape index (κ1) is 15.9. The van der Waals surface area contributed by atoms with E-state index in [1.54, 1.807) is 6.20 Å². The molecule has 1 fully saturated rings. The Balaban J connectivity index is 1.71. The largest absolute Gasteiger partial charge is 0.378 e. The van der Waals surface area contributed by atoms with E-state index in [-0.39, 0.29) is 11.9 Å². The van der Waals surface area contributed by atoms with Crippen LogP contribution >= 0.6 is 11.3 Å². The number of pyridine rings is 1. The maximum Gasteiger partial charge on any atom is 0.263 e. The molecule has 1 aliphatic heterocycles.